The Bertz CT molecular complexity index is 587. The summed E-state index contributed by atoms with van der Waals surface area (Å²) in [7, 11) is 4.01. The zero-order valence-electron chi connectivity index (χ0n) is 11.6. The van der Waals surface area contributed by atoms with Crippen LogP contribution in [0.4, 0.5) is 11.5 Å². The number of halogens is 1. The van der Waals surface area contributed by atoms with Gasteiger partial charge in [-0.25, -0.2) is 9.97 Å². The highest BCUT2D eigenvalue weighted by Gasteiger charge is 1.98. The molecule has 0 spiro atoms. The van der Waals surface area contributed by atoms with Gasteiger partial charge in [0.1, 0.15) is 11.0 Å². The molecule has 0 aliphatic rings. The third kappa shape index (κ3) is 3.93. The van der Waals surface area contributed by atoms with Crippen LogP contribution in [0.15, 0.2) is 35.4 Å². The van der Waals surface area contributed by atoms with Crippen molar-refractivity contribution in [1.82, 2.24) is 9.97 Å². The molecule has 2 aromatic rings. The van der Waals surface area contributed by atoms with Crippen LogP contribution < -0.4 is 10.3 Å². The first-order valence-corrected chi connectivity index (χ1v) is 6.50. The van der Waals surface area contributed by atoms with Crippen molar-refractivity contribution in [2.45, 2.75) is 6.92 Å². The van der Waals surface area contributed by atoms with E-state index in [1.807, 2.05) is 43.3 Å². The lowest BCUT2D eigenvalue weighted by Gasteiger charge is -2.11. The lowest BCUT2D eigenvalue weighted by atomic mass is 10.2. The number of hydrazone groups is 1. The normalized spacial score (nSPS) is 10.8. The molecule has 0 saturated heterocycles. The summed E-state index contributed by atoms with van der Waals surface area (Å²) in [5.74, 6) is 1.18. The summed E-state index contributed by atoms with van der Waals surface area (Å²) in [6, 6.07) is 9.69. The molecule has 104 valence electrons. The average Bonchev–Trinajstić information content (AvgIpc) is 2.38. The van der Waals surface area contributed by atoms with Crippen molar-refractivity contribution in [1.29, 1.82) is 0 Å². The van der Waals surface area contributed by atoms with Crippen LogP contribution in [-0.2, 0) is 0 Å². The Labute approximate surface area is 123 Å². The van der Waals surface area contributed by atoms with E-state index in [9.17, 15) is 0 Å². The topological polar surface area (TPSA) is 53.4 Å². The monoisotopic (exact) mass is 289 g/mol. The first-order valence-electron chi connectivity index (χ1n) is 6.12. The number of aryl methyl sites for hydroxylation is 1. The van der Waals surface area contributed by atoms with E-state index in [2.05, 4.69) is 20.5 Å². The molecule has 0 unspecified atom stereocenters. The zero-order chi connectivity index (χ0) is 14.5. The molecule has 0 atom stereocenters. The Balaban J connectivity index is 2.02. The van der Waals surface area contributed by atoms with Gasteiger partial charge in [-0.05, 0) is 24.6 Å². The van der Waals surface area contributed by atoms with Crippen LogP contribution in [0, 0.1) is 6.92 Å². The molecule has 0 saturated carbocycles. The summed E-state index contributed by atoms with van der Waals surface area (Å²) >= 11 is 5.85. The van der Waals surface area contributed by atoms with E-state index in [1.165, 1.54) is 0 Å². The minimum absolute atomic E-state index is 0.394. The molecule has 0 bridgehead atoms. The van der Waals surface area contributed by atoms with E-state index in [1.54, 1.807) is 19.2 Å². The second-order valence-corrected chi connectivity index (χ2v) is 4.87. The van der Waals surface area contributed by atoms with Crippen molar-refractivity contribution in [2.75, 3.05) is 24.4 Å². The van der Waals surface area contributed by atoms with Crippen molar-refractivity contribution in [2.24, 2.45) is 5.10 Å². The van der Waals surface area contributed by atoms with Crippen LogP contribution in [0.1, 0.15) is 11.4 Å². The molecule has 1 heterocycles. The summed E-state index contributed by atoms with van der Waals surface area (Å²) in [5.41, 5.74) is 4.98. The van der Waals surface area contributed by atoms with Gasteiger partial charge in [0.2, 0.25) is 0 Å². The Morgan fingerprint density at radius 2 is 1.90 bits per heavy atom. The van der Waals surface area contributed by atoms with Crippen LogP contribution in [0.5, 0.6) is 0 Å². The molecule has 1 aromatic heterocycles. The average molecular weight is 290 g/mol. The van der Waals surface area contributed by atoms with Gasteiger partial charge < -0.3 is 4.90 Å². The standard InChI is InChI=1S/C14H16ClN5/c1-10-17-13(15)8-14(18-10)19-16-9-11-4-6-12(7-5-11)20(2)3/h4-9H,1-3H3,(H,17,18,19)/b16-9+. The molecule has 1 N–H and O–H groups in total. The second kappa shape index (κ2) is 6.34. The number of hydrogen-bond donors (Lipinski definition) is 1. The SMILES string of the molecule is Cc1nc(Cl)cc(N/N=C/c2ccc(N(C)C)cc2)n1. The minimum Gasteiger partial charge on any atom is -0.378 e. The molecule has 0 fully saturated rings. The summed E-state index contributed by atoms with van der Waals surface area (Å²) < 4.78 is 0. The number of hydrogen-bond acceptors (Lipinski definition) is 5. The van der Waals surface area contributed by atoms with Gasteiger partial charge in [-0.15, -0.1) is 0 Å². The quantitative estimate of drug-likeness (QED) is 0.534. The number of rotatable bonds is 4. The van der Waals surface area contributed by atoms with Gasteiger partial charge in [0.15, 0.2) is 5.82 Å². The van der Waals surface area contributed by atoms with Gasteiger partial charge in [-0.1, -0.05) is 23.7 Å². The number of anilines is 2. The molecule has 0 aliphatic carbocycles. The van der Waals surface area contributed by atoms with Crippen LogP contribution >= 0.6 is 11.6 Å². The Hall–Kier alpha value is -2.14. The fourth-order valence-corrected chi connectivity index (χ4v) is 1.85. The first-order chi connectivity index (χ1) is 9.54. The lowest BCUT2D eigenvalue weighted by Crippen LogP contribution is -2.08. The smallest absolute Gasteiger partial charge is 0.151 e. The van der Waals surface area contributed by atoms with Crippen LogP contribution in [-0.4, -0.2) is 30.3 Å². The van der Waals surface area contributed by atoms with Crippen LogP contribution in [0.3, 0.4) is 0 Å². The van der Waals surface area contributed by atoms with Gasteiger partial charge in [-0.3, -0.25) is 5.43 Å². The summed E-state index contributed by atoms with van der Waals surface area (Å²) in [5, 5.41) is 4.53. The van der Waals surface area contributed by atoms with E-state index >= 15 is 0 Å². The third-order valence-electron chi connectivity index (χ3n) is 2.61. The van der Waals surface area contributed by atoms with Crippen molar-refractivity contribution in [3.05, 3.63) is 46.9 Å². The molecule has 0 amide bonds. The van der Waals surface area contributed by atoms with E-state index in [4.69, 9.17) is 11.6 Å². The zero-order valence-corrected chi connectivity index (χ0v) is 12.4. The maximum atomic E-state index is 5.85. The largest absolute Gasteiger partial charge is 0.378 e. The van der Waals surface area contributed by atoms with Crippen molar-refractivity contribution >= 4 is 29.3 Å². The van der Waals surface area contributed by atoms with Crippen LogP contribution in [0.25, 0.3) is 0 Å². The van der Waals surface area contributed by atoms with E-state index in [-0.39, 0.29) is 0 Å². The number of benzene rings is 1. The highest BCUT2D eigenvalue weighted by atomic mass is 35.5. The van der Waals surface area contributed by atoms with Crippen LogP contribution in [0.2, 0.25) is 5.15 Å². The number of aromatic nitrogens is 2. The lowest BCUT2D eigenvalue weighted by molar-refractivity contribution is 1.04. The van der Waals surface area contributed by atoms with Crippen molar-refractivity contribution in [3.63, 3.8) is 0 Å². The third-order valence-corrected chi connectivity index (χ3v) is 2.80. The first kappa shape index (κ1) is 14.3. The second-order valence-electron chi connectivity index (χ2n) is 4.48. The molecule has 0 aliphatic heterocycles. The predicted octanol–water partition coefficient (Wildman–Crippen LogP) is 2.95. The number of nitrogens with zero attached hydrogens (tertiary/aromatic N) is 4. The molecule has 6 heteroatoms. The highest BCUT2D eigenvalue weighted by molar-refractivity contribution is 6.29. The van der Waals surface area contributed by atoms with E-state index in [0.29, 0.717) is 16.8 Å². The maximum Gasteiger partial charge on any atom is 0.151 e. The van der Waals surface area contributed by atoms with E-state index in [0.717, 1.165) is 11.3 Å². The summed E-state index contributed by atoms with van der Waals surface area (Å²) in [6.45, 7) is 1.78. The summed E-state index contributed by atoms with van der Waals surface area (Å²) in [4.78, 5) is 10.2. The van der Waals surface area contributed by atoms with Crippen molar-refractivity contribution in [3.8, 4) is 0 Å². The van der Waals surface area contributed by atoms with Gasteiger partial charge in [0.25, 0.3) is 0 Å². The summed E-state index contributed by atoms with van der Waals surface area (Å²) in [6.07, 6.45) is 1.73. The highest BCUT2D eigenvalue weighted by Crippen LogP contribution is 2.12. The van der Waals surface area contributed by atoms with Crippen molar-refractivity contribution < 1.29 is 0 Å². The maximum absolute atomic E-state index is 5.85. The minimum atomic E-state index is 0.394. The Morgan fingerprint density at radius 1 is 1.20 bits per heavy atom. The fraction of sp³-hybridized carbons (Fsp3) is 0.214. The molecule has 0 radical (unpaired) electrons. The van der Waals surface area contributed by atoms with Gasteiger partial charge in [0, 0.05) is 25.8 Å². The number of nitrogens with one attached hydrogen (secondary N) is 1. The van der Waals surface area contributed by atoms with E-state index < -0.39 is 0 Å². The molecule has 5 nitrogen and oxygen atoms in total. The van der Waals surface area contributed by atoms with Gasteiger partial charge in [-0.2, -0.15) is 5.10 Å². The molecular weight excluding hydrogens is 274 g/mol. The fourth-order valence-electron chi connectivity index (χ4n) is 1.62. The Morgan fingerprint density at radius 3 is 2.50 bits per heavy atom. The van der Waals surface area contributed by atoms with Gasteiger partial charge in [0.05, 0.1) is 6.21 Å². The molecular formula is C14H16ClN5. The Kier molecular flexibility index (Phi) is 4.53. The molecule has 1 aromatic carbocycles. The predicted molar refractivity (Wildman–Crippen MR) is 83.8 cm³/mol. The molecule has 20 heavy (non-hydrogen) atoms. The van der Waals surface area contributed by atoms with Gasteiger partial charge >= 0.3 is 0 Å². The molecule has 2 rings (SSSR count).